The van der Waals surface area contributed by atoms with Crippen LogP contribution in [0, 0.1) is 0 Å². The van der Waals surface area contributed by atoms with Crippen LogP contribution in [0.1, 0.15) is 45.8 Å². The number of nitrogens with zero attached hydrogens (tertiary/aromatic N) is 3. The Labute approximate surface area is 215 Å². The van der Waals surface area contributed by atoms with Crippen LogP contribution in [0.2, 0.25) is 0 Å². The molecule has 1 aliphatic rings. The monoisotopic (exact) mass is 521 g/mol. The highest BCUT2D eigenvalue weighted by atomic mass is 19.4. The van der Waals surface area contributed by atoms with E-state index in [-0.39, 0.29) is 17.5 Å². The second-order valence-electron chi connectivity index (χ2n) is 8.95. The van der Waals surface area contributed by atoms with Gasteiger partial charge in [-0.1, -0.05) is 18.2 Å². The molecule has 1 fully saturated rings. The van der Waals surface area contributed by atoms with E-state index >= 15 is 0 Å². The first kappa shape index (κ1) is 25.1. The van der Waals surface area contributed by atoms with Gasteiger partial charge in [-0.15, -0.1) is 0 Å². The summed E-state index contributed by atoms with van der Waals surface area (Å²) in [5.41, 5.74) is 1.72. The van der Waals surface area contributed by atoms with Crippen LogP contribution in [-0.2, 0) is 5.54 Å². The molecule has 2 amide bonds. The highest BCUT2D eigenvalue weighted by Crippen LogP contribution is 2.41. The Bertz CT molecular complexity index is 1490. The predicted octanol–water partition coefficient (Wildman–Crippen LogP) is 5.03. The van der Waals surface area contributed by atoms with E-state index in [0.717, 1.165) is 30.2 Å². The minimum absolute atomic E-state index is 0.0878. The summed E-state index contributed by atoms with van der Waals surface area (Å²) < 4.78 is 41.8. The number of benzene rings is 1. The van der Waals surface area contributed by atoms with Crippen molar-refractivity contribution in [2.45, 2.75) is 31.0 Å². The van der Waals surface area contributed by atoms with Crippen molar-refractivity contribution < 1.29 is 27.5 Å². The van der Waals surface area contributed by atoms with Gasteiger partial charge in [0.2, 0.25) is 5.88 Å². The summed E-state index contributed by atoms with van der Waals surface area (Å²) in [6.45, 7) is -1.50. The fraction of sp³-hybridized carbons (Fsp3) is 0.222. The van der Waals surface area contributed by atoms with Crippen molar-refractivity contribution >= 4 is 28.4 Å². The number of hydrogen-bond donors (Lipinski definition) is 2. The maximum absolute atomic E-state index is 13.0. The second-order valence-corrected chi connectivity index (χ2v) is 8.95. The summed E-state index contributed by atoms with van der Waals surface area (Å²) in [4.78, 5) is 38.0. The lowest BCUT2D eigenvalue weighted by Crippen LogP contribution is -2.50. The molecule has 0 aliphatic heterocycles. The average Bonchev–Trinajstić information content (AvgIpc) is 2.89. The number of hydrogen-bond acceptors (Lipinski definition) is 6. The van der Waals surface area contributed by atoms with Crippen LogP contribution in [0.4, 0.5) is 18.9 Å². The molecule has 194 valence electrons. The molecule has 1 saturated carbocycles. The Morgan fingerprint density at radius 2 is 1.68 bits per heavy atom. The minimum Gasteiger partial charge on any atom is -0.468 e. The van der Waals surface area contributed by atoms with Crippen molar-refractivity contribution in [3.05, 3.63) is 90.0 Å². The number of rotatable bonds is 7. The van der Waals surface area contributed by atoms with Crippen molar-refractivity contribution in [3.63, 3.8) is 0 Å². The van der Waals surface area contributed by atoms with Crippen LogP contribution >= 0.6 is 0 Å². The number of carbonyl (C=O) groups is 2. The van der Waals surface area contributed by atoms with Crippen molar-refractivity contribution in [1.29, 1.82) is 0 Å². The molecule has 3 heterocycles. The van der Waals surface area contributed by atoms with E-state index in [1.54, 1.807) is 36.7 Å². The fourth-order valence-electron chi connectivity index (χ4n) is 4.23. The molecule has 0 bridgehead atoms. The molecule has 0 radical (unpaired) electrons. The van der Waals surface area contributed by atoms with E-state index in [2.05, 4.69) is 30.3 Å². The zero-order valence-corrected chi connectivity index (χ0v) is 20.0. The first-order valence-electron chi connectivity index (χ1n) is 11.8. The number of aromatic nitrogens is 3. The van der Waals surface area contributed by atoms with Crippen molar-refractivity contribution in [3.8, 4) is 5.88 Å². The molecule has 0 unspecified atom stereocenters. The van der Waals surface area contributed by atoms with E-state index in [4.69, 9.17) is 0 Å². The Morgan fingerprint density at radius 3 is 2.39 bits per heavy atom. The van der Waals surface area contributed by atoms with Gasteiger partial charge in [-0.05, 0) is 61.2 Å². The predicted molar refractivity (Wildman–Crippen MR) is 133 cm³/mol. The number of fused-ring (bicyclic) bond motifs is 1. The number of pyridine rings is 3. The first-order chi connectivity index (χ1) is 18.2. The van der Waals surface area contributed by atoms with Gasteiger partial charge < -0.3 is 15.4 Å². The molecule has 3 aromatic heterocycles. The van der Waals surface area contributed by atoms with E-state index in [9.17, 15) is 22.8 Å². The van der Waals surface area contributed by atoms with Crippen LogP contribution in [0.5, 0.6) is 5.88 Å². The van der Waals surface area contributed by atoms with E-state index in [0.29, 0.717) is 16.9 Å². The summed E-state index contributed by atoms with van der Waals surface area (Å²) >= 11 is 0. The van der Waals surface area contributed by atoms with Gasteiger partial charge in [-0.25, -0.2) is 9.97 Å². The Balaban J connectivity index is 1.26. The van der Waals surface area contributed by atoms with E-state index in [1.807, 2.05) is 18.2 Å². The lowest BCUT2D eigenvalue weighted by atomic mass is 9.71. The topological polar surface area (TPSA) is 106 Å². The van der Waals surface area contributed by atoms with E-state index in [1.165, 1.54) is 18.2 Å². The Kier molecular flexibility index (Phi) is 6.66. The molecule has 5 rings (SSSR count). The van der Waals surface area contributed by atoms with Gasteiger partial charge in [0.1, 0.15) is 11.4 Å². The third-order valence-corrected chi connectivity index (χ3v) is 6.32. The van der Waals surface area contributed by atoms with E-state index < -0.39 is 24.2 Å². The van der Waals surface area contributed by atoms with Crippen molar-refractivity contribution in [2.24, 2.45) is 0 Å². The average molecular weight is 521 g/mol. The maximum atomic E-state index is 13.0. The quantitative estimate of drug-likeness (QED) is 0.354. The number of halogens is 3. The summed E-state index contributed by atoms with van der Waals surface area (Å²) in [6.07, 6.45) is 1.27. The molecule has 0 atom stereocenters. The molecular formula is C27H22F3N5O3. The Morgan fingerprint density at radius 1 is 0.921 bits per heavy atom. The molecule has 11 heteroatoms. The normalized spacial score (nSPS) is 14.4. The highest BCUT2D eigenvalue weighted by molar-refractivity contribution is 6.03. The standard InChI is InChI=1S/C27H22F3N5O3/c28-27(29,30)16-38-23-4-1-3-21(34-23)24(36)32-19-8-6-18(7-9-19)26(12-2-13-26)35-25(37)22-10-5-17-15-31-14-11-20(17)33-22/h1,3-11,14-15H,2,12-13,16H2,(H,32,36)(H,35,37). The number of ether oxygens (including phenoxy) is 1. The number of carbonyl (C=O) groups excluding carboxylic acids is 2. The van der Waals surface area contributed by atoms with Crippen molar-refractivity contribution in [1.82, 2.24) is 20.3 Å². The molecule has 4 aromatic rings. The number of nitrogens with one attached hydrogen (secondary N) is 2. The molecular weight excluding hydrogens is 499 g/mol. The SMILES string of the molecule is O=C(Nc1ccc(C2(NC(=O)c3ccc4cnccc4n3)CCC2)cc1)c1cccc(OCC(F)(F)F)n1. The molecule has 8 nitrogen and oxygen atoms in total. The number of anilines is 1. The zero-order valence-electron chi connectivity index (χ0n) is 20.0. The van der Waals surface area contributed by atoms with Gasteiger partial charge in [0.15, 0.2) is 6.61 Å². The minimum atomic E-state index is -4.51. The van der Waals surface area contributed by atoms with Crippen LogP contribution in [0.3, 0.4) is 0 Å². The van der Waals surface area contributed by atoms with Gasteiger partial charge in [0.05, 0.1) is 11.1 Å². The molecule has 1 aromatic carbocycles. The second kappa shape index (κ2) is 10.1. The summed E-state index contributed by atoms with van der Waals surface area (Å²) in [5.74, 6) is -1.18. The molecule has 2 N–H and O–H groups in total. The summed E-state index contributed by atoms with van der Waals surface area (Å²) in [7, 11) is 0. The van der Waals surface area contributed by atoms with Crippen LogP contribution in [0.25, 0.3) is 10.9 Å². The Hall–Kier alpha value is -4.54. The lowest BCUT2D eigenvalue weighted by molar-refractivity contribution is -0.154. The summed E-state index contributed by atoms with van der Waals surface area (Å²) in [6, 6.07) is 16.3. The smallest absolute Gasteiger partial charge is 0.422 e. The van der Waals surface area contributed by atoms with Crippen LogP contribution in [0.15, 0.2) is 73.1 Å². The van der Waals surface area contributed by atoms with Crippen LogP contribution in [-0.4, -0.2) is 39.5 Å². The summed E-state index contributed by atoms with van der Waals surface area (Å²) in [5, 5.41) is 6.65. The van der Waals surface area contributed by atoms with Gasteiger partial charge in [0, 0.05) is 29.5 Å². The van der Waals surface area contributed by atoms with Gasteiger partial charge >= 0.3 is 6.18 Å². The number of amides is 2. The molecule has 1 aliphatic carbocycles. The third kappa shape index (κ3) is 5.56. The van der Waals surface area contributed by atoms with Crippen molar-refractivity contribution in [2.75, 3.05) is 11.9 Å². The van der Waals surface area contributed by atoms with Crippen LogP contribution < -0.4 is 15.4 Å². The maximum Gasteiger partial charge on any atom is 0.422 e. The molecule has 38 heavy (non-hydrogen) atoms. The first-order valence-corrected chi connectivity index (χ1v) is 11.8. The van der Waals surface area contributed by atoms with Gasteiger partial charge in [-0.2, -0.15) is 13.2 Å². The van der Waals surface area contributed by atoms with Gasteiger partial charge in [0.25, 0.3) is 11.8 Å². The number of alkyl halides is 3. The fourth-order valence-corrected chi connectivity index (χ4v) is 4.23. The third-order valence-electron chi connectivity index (χ3n) is 6.32. The highest BCUT2D eigenvalue weighted by Gasteiger charge is 2.40. The molecule has 0 saturated heterocycles. The molecule has 0 spiro atoms. The lowest BCUT2D eigenvalue weighted by Gasteiger charge is -2.43. The van der Waals surface area contributed by atoms with Gasteiger partial charge in [-0.3, -0.25) is 14.6 Å². The largest absolute Gasteiger partial charge is 0.468 e. The zero-order chi connectivity index (χ0) is 26.8.